The van der Waals surface area contributed by atoms with Gasteiger partial charge in [0.1, 0.15) is 11.6 Å². The lowest BCUT2D eigenvalue weighted by Gasteiger charge is -2.09. The first-order chi connectivity index (χ1) is 14.8. The summed E-state index contributed by atoms with van der Waals surface area (Å²) in [6.45, 7) is 3.77. The number of halogens is 2. The Morgan fingerprint density at radius 1 is 1.10 bits per heavy atom. The zero-order chi connectivity index (χ0) is 22.5. The molecule has 0 saturated carbocycles. The monoisotopic (exact) mass is 442 g/mol. The first-order valence-electron chi connectivity index (χ1n) is 9.23. The summed E-state index contributed by atoms with van der Waals surface area (Å²) in [5.41, 5.74) is 5.74. The second-order valence-corrected chi connectivity index (χ2v) is 7.07. The molecule has 0 aliphatic heterocycles. The Balaban J connectivity index is 1.69. The quantitative estimate of drug-likeness (QED) is 0.356. The minimum atomic E-state index is -0.953. The lowest BCUT2D eigenvalue weighted by atomic mass is 10.2. The number of aromatic nitrogens is 1. The first kappa shape index (κ1) is 22.0. The minimum Gasteiger partial charge on any atom is -0.495 e. The van der Waals surface area contributed by atoms with Gasteiger partial charge in [-0.3, -0.25) is 9.59 Å². The van der Waals surface area contributed by atoms with Crippen LogP contribution >= 0.6 is 11.6 Å². The Morgan fingerprint density at radius 3 is 2.48 bits per heavy atom. The van der Waals surface area contributed by atoms with Crippen LogP contribution in [-0.4, -0.2) is 29.7 Å². The van der Waals surface area contributed by atoms with Crippen LogP contribution in [0.1, 0.15) is 17.0 Å². The maximum atomic E-state index is 13.2. The van der Waals surface area contributed by atoms with Crippen LogP contribution in [-0.2, 0) is 9.59 Å². The molecule has 1 aromatic heterocycles. The third kappa shape index (κ3) is 5.10. The second-order valence-electron chi connectivity index (χ2n) is 6.64. The number of rotatable bonds is 5. The van der Waals surface area contributed by atoms with Crippen LogP contribution in [0.5, 0.6) is 5.75 Å². The molecule has 3 rings (SSSR count). The number of aryl methyl sites for hydroxylation is 1. The van der Waals surface area contributed by atoms with Crippen molar-refractivity contribution >= 4 is 35.3 Å². The fourth-order valence-electron chi connectivity index (χ4n) is 3.07. The molecule has 0 unspecified atom stereocenters. The van der Waals surface area contributed by atoms with Gasteiger partial charge in [0.05, 0.1) is 19.0 Å². The number of hydrogen-bond acceptors (Lipinski definition) is 4. The van der Waals surface area contributed by atoms with Crippen molar-refractivity contribution in [2.75, 3.05) is 12.4 Å². The van der Waals surface area contributed by atoms with Gasteiger partial charge >= 0.3 is 11.8 Å². The van der Waals surface area contributed by atoms with Crippen LogP contribution in [0.25, 0.3) is 5.69 Å². The van der Waals surface area contributed by atoms with Crippen molar-refractivity contribution in [1.29, 1.82) is 0 Å². The highest BCUT2D eigenvalue weighted by molar-refractivity contribution is 6.40. The van der Waals surface area contributed by atoms with E-state index in [4.69, 9.17) is 16.3 Å². The van der Waals surface area contributed by atoms with Gasteiger partial charge in [0.2, 0.25) is 0 Å². The van der Waals surface area contributed by atoms with E-state index in [2.05, 4.69) is 15.8 Å². The average molecular weight is 443 g/mol. The van der Waals surface area contributed by atoms with Crippen molar-refractivity contribution in [3.8, 4) is 11.4 Å². The molecule has 31 heavy (non-hydrogen) atoms. The van der Waals surface area contributed by atoms with Crippen molar-refractivity contribution in [3.63, 3.8) is 0 Å². The Hall–Kier alpha value is -3.65. The van der Waals surface area contributed by atoms with E-state index in [0.717, 1.165) is 22.6 Å². The molecule has 2 amide bonds. The van der Waals surface area contributed by atoms with E-state index in [-0.39, 0.29) is 11.5 Å². The zero-order valence-electron chi connectivity index (χ0n) is 17.1. The Kier molecular flexibility index (Phi) is 6.71. The molecular weight excluding hydrogens is 423 g/mol. The average Bonchev–Trinajstić information content (AvgIpc) is 3.02. The van der Waals surface area contributed by atoms with E-state index in [0.29, 0.717) is 10.8 Å². The summed E-state index contributed by atoms with van der Waals surface area (Å²) in [4.78, 5) is 24.2. The predicted octanol–water partition coefficient (Wildman–Crippen LogP) is 3.98. The molecule has 0 atom stereocenters. The van der Waals surface area contributed by atoms with Gasteiger partial charge in [-0.05, 0) is 62.4 Å². The highest BCUT2D eigenvalue weighted by Crippen LogP contribution is 2.27. The first-order valence-corrected chi connectivity index (χ1v) is 9.60. The van der Waals surface area contributed by atoms with Crippen molar-refractivity contribution in [2.45, 2.75) is 13.8 Å². The molecule has 0 saturated heterocycles. The van der Waals surface area contributed by atoms with Gasteiger partial charge < -0.3 is 14.6 Å². The van der Waals surface area contributed by atoms with E-state index < -0.39 is 11.8 Å². The number of methoxy groups -OCH3 is 1. The number of nitrogens with one attached hydrogen (secondary N) is 2. The summed E-state index contributed by atoms with van der Waals surface area (Å²) in [7, 11) is 1.44. The van der Waals surface area contributed by atoms with Gasteiger partial charge in [-0.2, -0.15) is 5.10 Å². The van der Waals surface area contributed by atoms with Gasteiger partial charge in [0.25, 0.3) is 0 Å². The molecule has 2 N–H and O–H groups in total. The van der Waals surface area contributed by atoms with Gasteiger partial charge in [-0.15, -0.1) is 0 Å². The predicted molar refractivity (Wildman–Crippen MR) is 118 cm³/mol. The molecular formula is C22H20ClFN4O3. The standard InChI is InChI=1S/C22H20ClFN4O3/c1-13-10-15(14(2)28(13)18-7-5-17(24)6-8-18)12-25-27-22(30)21(29)26-19-11-16(23)4-9-20(19)31-3/h4-12H,1-3H3,(H,26,29)(H,27,30)/b25-12-. The lowest BCUT2D eigenvalue weighted by molar-refractivity contribution is -0.136. The number of amides is 2. The van der Waals surface area contributed by atoms with Crippen LogP contribution in [0.3, 0.4) is 0 Å². The number of ether oxygens (including phenoxy) is 1. The number of benzene rings is 2. The Morgan fingerprint density at radius 2 is 1.81 bits per heavy atom. The molecule has 0 bridgehead atoms. The fourth-order valence-corrected chi connectivity index (χ4v) is 3.25. The molecule has 2 aromatic carbocycles. The molecule has 0 fully saturated rings. The van der Waals surface area contributed by atoms with Crippen molar-refractivity contribution in [2.24, 2.45) is 5.10 Å². The number of hydrogen-bond donors (Lipinski definition) is 2. The normalized spacial score (nSPS) is 10.9. The fraction of sp³-hybridized carbons (Fsp3) is 0.136. The summed E-state index contributed by atoms with van der Waals surface area (Å²) >= 11 is 5.92. The third-order valence-corrected chi connectivity index (χ3v) is 4.78. The molecule has 0 aliphatic carbocycles. The highest BCUT2D eigenvalue weighted by Gasteiger charge is 2.16. The van der Waals surface area contributed by atoms with Crippen molar-refractivity contribution in [3.05, 3.63) is 76.3 Å². The maximum absolute atomic E-state index is 13.2. The number of nitrogens with zero attached hydrogens (tertiary/aromatic N) is 2. The summed E-state index contributed by atoms with van der Waals surface area (Å²) in [5, 5.41) is 6.68. The largest absolute Gasteiger partial charge is 0.495 e. The molecule has 3 aromatic rings. The van der Waals surface area contributed by atoms with Gasteiger partial charge in [0, 0.05) is 27.7 Å². The topological polar surface area (TPSA) is 84.7 Å². The molecule has 160 valence electrons. The van der Waals surface area contributed by atoms with E-state index in [9.17, 15) is 14.0 Å². The second kappa shape index (κ2) is 9.44. The lowest BCUT2D eigenvalue weighted by Crippen LogP contribution is -2.32. The third-order valence-electron chi connectivity index (χ3n) is 4.54. The van der Waals surface area contributed by atoms with Crippen molar-refractivity contribution in [1.82, 2.24) is 9.99 Å². The Bertz CT molecular complexity index is 1160. The maximum Gasteiger partial charge on any atom is 0.329 e. The van der Waals surface area contributed by atoms with E-state index >= 15 is 0 Å². The number of hydrazone groups is 1. The highest BCUT2D eigenvalue weighted by atomic mass is 35.5. The van der Waals surface area contributed by atoms with Crippen LogP contribution < -0.4 is 15.5 Å². The minimum absolute atomic E-state index is 0.266. The summed E-state index contributed by atoms with van der Waals surface area (Å²) in [5.74, 6) is -1.83. The molecule has 7 nitrogen and oxygen atoms in total. The summed E-state index contributed by atoms with van der Waals surface area (Å²) in [6.07, 6.45) is 1.44. The number of carbonyl (C=O) groups is 2. The van der Waals surface area contributed by atoms with Gasteiger partial charge in [0.15, 0.2) is 0 Å². The van der Waals surface area contributed by atoms with Gasteiger partial charge in [-0.1, -0.05) is 11.6 Å². The number of anilines is 1. The number of carbonyl (C=O) groups excluding carboxylic acids is 2. The summed E-state index contributed by atoms with van der Waals surface area (Å²) in [6, 6.07) is 12.6. The molecule has 0 aliphatic rings. The zero-order valence-corrected chi connectivity index (χ0v) is 17.8. The molecule has 9 heteroatoms. The van der Waals surface area contributed by atoms with Crippen molar-refractivity contribution < 1.29 is 18.7 Å². The van der Waals surface area contributed by atoms with Crippen LogP contribution in [0.4, 0.5) is 10.1 Å². The van der Waals surface area contributed by atoms with Crippen LogP contribution in [0.2, 0.25) is 5.02 Å². The smallest absolute Gasteiger partial charge is 0.329 e. The van der Waals surface area contributed by atoms with Gasteiger partial charge in [-0.25, -0.2) is 9.82 Å². The SMILES string of the molecule is COc1ccc(Cl)cc1NC(=O)C(=O)N/N=C\c1cc(C)n(-c2ccc(F)cc2)c1C. The van der Waals surface area contributed by atoms with E-state index in [1.165, 1.54) is 31.5 Å². The molecule has 1 heterocycles. The van der Waals surface area contributed by atoms with E-state index in [1.807, 2.05) is 24.5 Å². The van der Waals surface area contributed by atoms with Crippen LogP contribution in [0, 0.1) is 19.7 Å². The molecule has 0 radical (unpaired) electrons. The van der Waals surface area contributed by atoms with Crippen LogP contribution in [0.15, 0.2) is 53.6 Å². The molecule has 0 spiro atoms. The Labute approximate surface area is 183 Å². The van der Waals surface area contributed by atoms with E-state index in [1.54, 1.807) is 24.3 Å². The summed E-state index contributed by atoms with van der Waals surface area (Å²) < 4.78 is 20.3.